The molecule has 23 heavy (non-hydrogen) atoms. The molecule has 0 N–H and O–H groups in total. The fourth-order valence-corrected chi connectivity index (χ4v) is 2.93. The molecule has 1 aromatic heterocycles. The van der Waals surface area contributed by atoms with Crippen LogP contribution in [0.4, 0.5) is 0 Å². The van der Waals surface area contributed by atoms with Gasteiger partial charge in [0.05, 0.1) is 11.4 Å². The second-order valence-corrected chi connectivity index (χ2v) is 6.40. The molecule has 0 aliphatic carbocycles. The van der Waals surface area contributed by atoms with Crippen molar-refractivity contribution >= 4 is 28.7 Å². The van der Waals surface area contributed by atoms with Crippen LogP contribution >= 0.6 is 22.9 Å². The fourth-order valence-electron chi connectivity index (χ4n) is 2.16. The van der Waals surface area contributed by atoms with Crippen molar-refractivity contribution in [3.05, 3.63) is 75.7 Å². The van der Waals surface area contributed by atoms with Crippen LogP contribution in [-0.2, 0) is 17.6 Å². The molecule has 3 aromatic rings. The summed E-state index contributed by atoms with van der Waals surface area (Å²) in [5.41, 5.74) is 0.865. The number of thiazole rings is 1. The normalized spacial score (nSPS) is 10.5. The molecule has 0 radical (unpaired) electrons. The van der Waals surface area contributed by atoms with Crippen LogP contribution in [0.15, 0.2) is 60.1 Å². The highest BCUT2D eigenvalue weighted by atomic mass is 35.5. The number of halogens is 1. The highest BCUT2D eigenvalue weighted by molar-refractivity contribution is 7.09. The van der Waals surface area contributed by atoms with Gasteiger partial charge in [-0.2, -0.15) is 0 Å². The van der Waals surface area contributed by atoms with E-state index < -0.39 is 0 Å². The first-order valence-electron chi connectivity index (χ1n) is 7.12. The third-order valence-electron chi connectivity index (χ3n) is 3.23. The highest BCUT2D eigenvalue weighted by Gasteiger charge is 2.11. The van der Waals surface area contributed by atoms with E-state index in [4.69, 9.17) is 16.3 Å². The average Bonchev–Trinajstić information content (AvgIpc) is 3.04. The topological polar surface area (TPSA) is 39.2 Å². The van der Waals surface area contributed by atoms with Crippen LogP contribution in [0, 0.1) is 0 Å². The van der Waals surface area contributed by atoms with E-state index in [-0.39, 0.29) is 5.78 Å². The monoisotopic (exact) mass is 343 g/mol. The second kappa shape index (κ2) is 7.40. The minimum Gasteiger partial charge on any atom is -0.457 e. The number of para-hydroxylation sites is 1. The maximum atomic E-state index is 12.2. The smallest absolute Gasteiger partial charge is 0.144 e. The Morgan fingerprint density at radius 1 is 1.09 bits per heavy atom. The molecule has 0 aliphatic heterocycles. The summed E-state index contributed by atoms with van der Waals surface area (Å²) in [6.45, 7) is 0. The van der Waals surface area contributed by atoms with E-state index in [0.29, 0.717) is 29.4 Å². The van der Waals surface area contributed by atoms with Gasteiger partial charge in [-0.05, 0) is 30.3 Å². The van der Waals surface area contributed by atoms with Crippen molar-refractivity contribution in [1.29, 1.82) is 0 Å². The SMILES string of the molecule is O=C(Cc1nccs1)Cc1ccccc1Oc1ccc(Cl)cc1. The third-order valence-corrected chi connectivity index (χ3v) is 4.27. The minimum atomic E-state index is 0.118. The summed E-state index contributed by atoms with van der Waals surface area (Å²) in [6.07, 6.45) is 2.39. The van der Waals surface area contributed by atoms with Gasteiger partial charge in [-0.15, -0.1) is 11.3 Å². The molecule has 0 atom stereocenters. The molecule has 0 saturated carbocycles. The summed E-state index contributed by atoms with van der Waals surface area (Å²) in [6, 6.07) is 14.7. The van der Waals surface area contributed by atoms with Crippen LogP contribution in [0.5, 0.6) is 11.5 Å². The molecule has 3 rings (SSSR count). The Labute approximate surface area is 143 Å². The Balaban J connectivity index is 1.72. The lowest BCUT2D eigenvalue weighted by Gasteiger charge is -2.10. The van der Waals surface area contributed by atoms with E-state index in [2.05, 4.69) is 4.98 Å². The Morgan fingerprint density at radius 2 is 1.87 bits per heavy atom. The summed E-state index contributed by atoms with van der Waals surface area (Å²) in [7, 11) is 0. The molecule has 0 bridgehead atoms. The predicted octanol–water partition coefficient (Wildman–Crippen LogP) is 4.94. The van der Waals surface area contributed by atoms with Gasteiger partial charge in [-0.1, -0.05) is 29.8 Å². The van der Waals surface area contributed by atoms with Gasteiger partial charge in [0.15, 0.2) is 0 Å². The Bertz CT molecular complexity index is 785. The number of carbonyl (C=O) groups excluding carboxylic acids is 1. The maximum absolute atomic E-state index is 12.2. The van der Waals surface area contributed by atoms with Crippen molar-refractivity contribution in [3.63, 3.8) is 0 Å². The zero-order chi connectivity index (χ0) is 16.1. The molecule has 0 aliphatic rings. The van der Waals surface area contributed by atoms with Crippen LogP contribution in [-0.4, -0.2) is 10.8 Å². The van der Waals surface area contributed by atoms with E-state index in [0.717, 1.165) is 10.6 Å². The van der Waals surface area contributed by atoms with Gasteiger partial charge in [0.25, 0.3) is 0 Å². The lowest BCUT2D eigenvalue weighted by Crippen LogP contribution is -2.07. The van der Waals surface area contributed by atoms with Gasteiger partial charge in [0.1, 0.15) is 17.3 Å². The zero-order valence-electron chi connectivity index (χ0n) is 12.2. The third kappa shape index (κ3) is 4.41. The van der Waals surface area contributed by atoms with E-state index in [1.807, 2.05) is 29.6 Å². The van der Waals surface area contributed by atoms with Crippen molar-refractivity contribution in [2.45, 2.75) is 12.8 Å². The van der Waals surface area contributed by atoms with Gasteiger partial charge >= 0.3 is 0 Å². The van der Waals surface area contributed by atoms with Gasteiger partial charge in [-0.3, -0.25) is 4.79 Å². The number of hydrogen-bond acceptors (Lipinski definition) is 4. The highest BCUT2D eigenvalue weighted by Crippen LogP contribution is 2.27. The molecule has 2 aromatic carbocycles. The molecule has 0 saturated heterocycles. The largest absolute Gasteiger partial charge is 0.457 e. The van der Waals surface area contributed by atoms with Crippen LogP contribution in [0.25, 0.3) is 0 Å². The molecule has 116 valence electrons. The molecule has 0 spiro atoms. The van der Waals surface area contributed by atoms with Gasteiger partial charge in [0, 0.05) is 28.6 Å². The Kier molecular flexibility index (Phi) is 5.05. The van der Waals surface area contributed by atoms with E-state index in [9.17, 15) is 4.79 Å². The number of rotatable bonds is 6. The van der Waals surface area contributed by atoms with E-state index in [1.165, 1.54) is 11.3 Å². The number of ketones is 1. The van der Waals surface area contributed by atoms with Crippen LogP contribution < -0.4 is 4.74 Å². The molecular formula is C18H14ClNO2S. The summed E-state index contributed by atoms with van der Waals surface area (Å²) < 4.78 is 5.88. The number of benzene rings is 2. The Morgan fingerprint density at radius 3 is 2.61 bits per heavy atom. The van der Waals surface area contributed by atoms with Crippen LogP contribution in [0.1, 0.15) is 10.6 Å². The number of hydrogen-bond donors (Lipinski definition) is 0. The first kappa shape index (κ1) is 15.7. The number of nitrogens with zero attached hydrogens (tertiary/aromatic N) is 1. The van der Waals surface area contributed by atoms with Gasteiger partial charge < -0.3 is 4.74 Å². The summed E-state index contributed by atoms with van der Waals surface area (Å²) in [5, 5.41) is 3.37. The van der Waals surface area contributed by atoms with Gasteiger partial charge in [0.2, 0.25) is 0 Å². The number of aromatic nitrogens is 1. The fraction of sp³-hybridized carbons (Fsp3) is 0.111. The van der Waals surface area contributed by atoms with Gasteiger partial charge in [-0.25, -0.2) is 4.98 Å². The van der Waals surface area contributed by atoms with E-state index >= 15 is 0 Å². The standard InChI is InChI=1S/C18H14ClNO2S/c19-14-5-7-16(8-6-14)22-17-4-2-1-3-13(17)11-15(21)12-18-20-9-10-23-18/h1-10H,11-12H2. The molecule has 5 heteroatoms. The lowest BCUT2D eigenvalue weighted by atomic mass is 10.1. The van der Waals surface area contributed by atoms with Crippen molar-refractivity contribution in [1.82, 2.24) is 4.98 Å². The Hall–Kier alpha value is -2.17. The second-order valence-electron chi connectivity index (χ2n) is 4.98. The van der Waals surface area contributed by atoms with Crippen molar-refractivity contribution in [3.8, 4) is 11.5 Å². The number of Topliss-reactive ketones (excluding diaryl/α,β-unsaturated/α-hetero) is 1. The molecule has 1 heterocycles. The molecule has 0 amide bonds. The average molecular weight is 344 g/mol. The predicted molar refractivity (Wildman–Crippen MR) is 92.5 cm³/mol. The van der Waals surface area contributed by atoms with E-state index in [1.54, 1.807) is 30.5 Å². The summed E-state index contributed by atoms with van der Waals surface area (Å²) in [5.74, 6) is 1.49. The number of ether oxygens (including phenoxy) is 1. The molecule has 3 nitrogen and oxygen atoms in total. The zero-order valence-corrected chi connectivity index (χ0v) is 13.8. The maximum Gasteiger partial charge on any atom is 0.144 e. The molecule has 0 fully saturated rings. The minimum absolute atomic E-state index is 0.118. The number of carbonyl (C=O) groups is 1. The van der Waals surface area contributed by atoms with Crippen molar-refractivity contribution < 1.29 is 9.53 Å². The van der Waals surface area contributed by atoms with Crippen molar-refractivity contribution in [2.75, 3.05) is 0 Å². The molecule has 0 unspecified atom stereocenters. The summed E-state index contributed by atoms with van der Waals surface area (Å²) in [4.78, 5) is 16.4. The first-order chi connectivity index (χ1) is 11.2. The molecular weight excluding hydrogens is 330 g/mol. The summed E-state index contributed by atoms with van der Waals surface area (Å²) >= 11 is 7.37. The van der Waals surface area contributed by atoms with Crippen LogP contribution in [0.3, 0.4) is 0 Å². The first-order valence-corrected chi connectivity index (χ1v) is 8.38. The van der Waals surface area contributed by atoms with Crippen molar-refractivity contribution in [2.24, 2.45) is 0 Å². The van der Waals surface area contributed by atoms with Crippen LogP contribution in [0.2, 0.25) is 5.02 Å². The quantitative estimate of drug-likeness (QED) is 0.636. The lowest BCUT2D eigenvalue weighted by molar-refractivity contribution is -0.117.